The molecule has 0 spiro atoms. The van der Waals surface area contributed by atoms with Crippen molar-refractivity contribution in [3.8, 4) is 0 Å². The number of hydrogen-bond donors (Lipinski definition) is 0. The fourth-order valence-electron chi connectivity index (χ4n) is 4.20. The van der Waals surface area contributed by atoms with Crippen molar-refractivity contribution >= 4 is 29.4 Å². The minimum absolute atomic E-state index is 0.277. The van der Waals surface area contributed by atoms with Crippen molar-refractivity contribution in [2.75, 3.05) is 14.2 Å². The molecule has 31 heavy (non-hydrogen) atoms. The first-order valence-electron chi connectivity index (χ1n) is 11.0. The number of aromatic nitrogens is 2. The summed E-state index contributed by atoms with van der Waals surface area (Å²) in [4.78, 5) is 30.2. The first-order valence-corrected chi connectivity index (χ1v) is 11.9. The standard InChI is InChI=1S/C24H32N2O4S/c1-4-5-10-22-25-15-19(14-18(23(27)29-2)13-17-8-6-7-9-17)26(22)16-21-20(11-12-31-21)24(28)30-3/h11-12,14-15,17H,4-10,13,16H2,1-3H3. The van der Waals surface area contributed by atoms with Crippen LogP contribution in [0, 0.1) is 5.92 Å². The molecule has 0 unspecified atom stereocenters. The molecular formula is C24H32N2O4S. The smallest absolute Gasteiger partial charge is 0.339 e. The Morgan fingerprint density at radius 2 is 2.03 bits per heavy atom. The second-order valence-electron chi connectivity index (χ2n) is 8.05. The Morgan fingerprint density at radius 3 is 2.71 bits per heavy atom. The van der Waals surface area contributed by atoms with Crippen molar-refractivity contribution in [2.24, 2.45) is 5.92 Å². The van der Waals surface area contributed by atoms with E-state index in [0.29, 0.717) is 23.6 Å². The van der Waals surface area contributed by atoms with Gasteiger partial charge in [-0.05, 0) is 36.3 Å². The van der Waals surface area contributed by atoms with Gasteiger partial charge >= 0.3 is 11.9 Å². The molecule has 3 rings (SSSR count). The number of aryl methyl sites for hydroxylation is 1. The lowest BCUT2D eigenvalue weighted by Gasteiger charge is -2.14. The van der Waals surface area contributed by atoms with Gasteiger partial charge in [0.2, 0.25) is 0 Å². The molecule has 0 amide bonds. The van der Waals surface area contributed by atoms with E-state index in [1.807, 2.05) is 17.7 Å². The third-order valence-corrected chi connectivity index (χ3v) is 6.83. The molecule has 0 aliphatic heterocycles. The number of hydrogen-bond acceptors (Lipinski definition) is 6. The van der Waals surface area contributed by atoms with Crippen LogP contribution in [-0.2, 0) is 27.2 Å². The summed E-state index contributed by atoms with van der Waals surface area (Å²) in [5, 5.41) is 1.90. The van der Waals surface area contributed by atoms with E-state index >= 15 is 0 Å². The fourth-order valence-corrected chi connectivity index (χ4v) is 5.05. The maximum atomic E-state index is 12.5. The largest absolute Gasteiger partial charge is 0.466 e. The lowest BCUT2D eigenvalue weighted by molar-refractivity contribution is -0.136. The Morgan fingerprint density at radius 1 is 1.26 bits per heavy atom. The van der Waals surface area contributed by atoms with Crippen LogP contribution in [-0.4, -0.2) is 35.7 Å². The van der Waals surface area contributed by atoms with Crippen molar-refractivity contribution in [3.63, 3.8) is 0 Å². The van der Waals surface area contributed by atoms with E-state index in [1.165, 1.54) is 38.4 Å². The third-order valence-electron chi connectivity index (χ3n) is 5.93. The van der Waals surface area contributed by atoms with Crippen molar-refractivity contribution in [3.05, 3.63) is 45.2 Å². The van der Waals surface area contributed by atoms with Crippen LogP contribution in [0.3, 0.4) is 0 Å². The second kappa shape index (κ2) is 11.3. The van der Waals surface area contributed by atoms with E-state index in [9.17, 15) is 9.59 Å². The van der Waals surface area contributed by atoms with Crippen LogP contribution in [0.5, 0.6) is 0 Å². The van der Waals surface area contributed by atoms with Crippen molar-refractivity contribution < 1.29 is 19.1 Å². The highest BCUT2D eigenvalue weighted by molar-refractivity contribution is 7.10. The number of carbonyl (C=O) groups excluding carboxylic acids is 2. The van der Waals surface area contributed by atoms with E-state index in [-0.39, 0.29) is 11.9 Å². The highest BCUT2D eigenvalue weighted by atomic mass is 32.1. The summed E-state index contributed by atoms with van der Waals surface area (Å²) >= 11 is 1.53. The van der Waals surface area contributed by atoms with Crippen LogP contribution < -0.4 is 0 Å². The van der Waals surface area contributed by atoms with E-state index in [0.717, 1.165) is 54.9 Å². The number of unbranched alkanes of at least 4 members (excludes halogenated alkanes) is 1. The number of methoxy groups -OCH3 is 2. The zero-order chi connectivity index (χ0) is 22.2. The SMILES string of the molecule is CCCCc1ncc(C=C(CC2CCCC2)C(=O)OC)n1Cc1sccc1C(=O)OC. The number of esters is 2. The molecule has 0 saturated heterocycles. The van der Waals surface area contributed by atoms with Gasteiger partial charge in [0, 0.05) is 16.9 Å². The fraction of sp³-hybridized carbons (Fsp3) is 0.542. The van der Waals surface area contributed by atoms with Gasteiger partial charge in [-0.15, -0.1) is 11.3 Å². The molecule has 0 bridgehead atoms. The van der Waals surface area contributed by atoms with E-state index < -0.39 is 0 Å². The number of ether oxygens (including phenoxy) is 2. The maximum absolute atomic E-state index is 12.5. The van der Waals surface area contributed by atoms with E-state index in [1.54, 1.807) is 6.07 Å². The molecule has 1 aliphatic rings. The molecule has 1 saturated carbocycles. The van der Waals surface area contributed by atoms with Crippen LogP contribution in [0.25, 0.3) is 6.08 Å². The molecule has 2 heterocycles. The number of imidazole rings is 1. The van der Waals surface area contributed by atoms with E-state index in [4.69, 9.17) is 9.47 Å². The average Bonchev–Trinajstić information content (AvgIpc) is 3.54. The lowest BCUT2D eigenvalue weighted by Crippen LogP contribution is -2.12. The van der Waals surface area contributed by atoms with Gasteiger partial charge in [0.15, 0.2) is 0 Å². The predicted octanol–water partition coefficient (Wildman–Crippen LogP) is 5.26. The first-order chi connectivity index (χ1) is 15.1. The predicted molar refractivity (Wildman–Crippen MR) is 122 cm³/mol. The van der Waals surface area contributed by atoms with Gasteiger partial charge in [0.05, 0.1) is 38.2 Å². The molecule has 0 atom stereocenters. The van der Waals surface area contributed by atoms with Crippen LogP contribution in [0.1, 0.15) is 78.6 Å². The van der Waals surface area contributed by atoms with E-state index in [2.05, 4.69) is 16.5 Å². The maximum Gasteiger partial charge on any atom is 0.339 e. The summed E-state index contributed by atoms with van der Waals surface area (Å²) in [7, 11) is 2.83. The molecule has 0 aromatic carbocycles. The summed E-state index contributed by atoms with van der Waals surface area (Å²) in [5.74, 6) is 0.882. The van der Waals surface area contributed by atoms with Gasteiger partial charge in [-0.1, -0.05) is 39.0 Å². The van der Waals surface area contributed by atoms with Crippen LogP contribution in [0.2, 0.25) is 0 Å². The zero-order valence-corrected chi connectivity index (χ0v) is 19.5. The highest BCUT2D eigenvalue weighted by Gasteiger charge is 2.22. The second-order valence-corrected chi connectivity index (χ2v) is 9.05. The van der Waals surface area contributed by atoms with Crippen molar-refractivity contribution in [2.45, 2.75) is 64.8 Å². The summed E-state index contributed by atoms with van der Waals surface area (Å²) in [6, 6.07) is 1.80. The minimum atomic E-state index is -0.333. The normalized spacial score (nSPS) is 14.7. The molecule has 1 aliphatic carbocycles. The molecule has 2 aromatic heterocycles. The number of carbonyl (C=O) groups is 2. The zero-order valence-electron chi connectivity index (χ0n) is 18.7. The Balaban J connectivity index is 1.96. The molecule has 0 N–H and O–H groups in total. The first kappa shape index (κ1) is 23.3. The monoisotopic (exact) mass is 444 g/mol. The molecule has 168 valence electrons. The number of nitrogens with zero attached hydrogens (tertiary/aromatic N) is 2. The molecule has 7 heteroatoms. The summed E-state index contributed by atoms with van der Waals surface area (Å²) in [6.07, 6.45) is 12.2. The Kier molecular flexibility index (Phi) is 8.46. The van der Waals surface area contributed by atoms with Crippen LogP contribution in [0.15, 0.2) is 23.2 Å². The number of rotatable bonds is 10. The van der Waals surface area contributed by atoms with Crippen LogP contribution in [0.4, 0.5) is 0 Å². The Hall–Kier alpha value is -2.41. The summed E-state index contributed by atoms with van der Waals surface area (Å²) in [5.41, 5.74) is 2.14. The van der Waals surface area contributed by atoms with Crippen LogP contribution >= 0.6 is 11.3 Å². The van der Waals surface area contributed by atoms with Gasteiger partial charge < -0.3 is 14.0 Å². The quantitative estimate of drug-likeness (QED) is 0.369. The molecule has 6 nitrogen and oxygen atoms in total. The topological polar surface area (TPSA) is 70.4 Å². The summed E-state index contributed by atoms with van der Waals surface area (Å²) < 4.78 is 12.1. The molecule has 2 aromatic rings. The Labute approximate surface area is 188 Å². The lowest BCUT2D eigenvalue weighted by atomic mass is 9.97. The minimum Gasteiger partial charge on any atom is -0.466 e. The molecular weight excluding hydrogens is 412 g/mol. The Bertz CT molecular complexity index is 922. The summed E-state index contributed by atoms with van der Waals surface area (Å²) in [6.45, 7) is 2.67. The molecule has 0 radical (unpaired) electrons. The van der Waals surface area contributed by atoms with Crippen molar-refractivity contribution in [1.29, 1.82) is 0 Å². The highest BCUT2D eigenvalue weighted by Crippen LogP contribution is 2.31. The van der Waals surface area contributed by atoms with Gasteiger partial charge in [-0.3, -0.25) is 0 Å². The van der Waals surface area contributed by atoms with Gasteiger partial charge in [-0.25, -0.2) is 14.6 Å². The van der Waals surface area contributed by atoms with Crippen molar-refractivity contribution in [1.82, 2.24) is 9.55 Å². The molecule has 1 fully saturated rings. The van der Waals surface area contributed by atoms with Gasteiger partial charge in [-0.2, -0.15) is 0 Å². The average molecular weight is 445 g/mol. The number of thiophene rings is 1. The van der Waals surface area contributed by atoms with Gasteiger partial charge in [0.25, 0.3) is 0 Å². The third kappa shape index (κ3) is 5.85. The van der Waals surface area contributed by atoms with Gasteiger partial charge in [0.1, 0.15) is 5.82 Å².